The van der Waals surface area contributed by atoms with Crippen LogP contribution in [-0.2, 0) is 10.0 Å². The molecule has 1 heterocycles. The van der Waals surface area contributed by atoms with E-state index in [-0.39, 0.29) is 21.4 Å². The van der Waals surface area contributed by atoms with Crippen LogP contribution < -0.4 is 14.4 Å². The van der Waals surface area contributed by atoms with Crippen LogP contribution >= 0.6 is 23.2 Å². The highest BCUT2D eigenvalue weighted by Crippen LogP contribution is 2.34. The molecule has 0 atom stereocenters. The van der Waals surface area contributed by atoms with E-state index in [9.17, 15) is 13.2 Å². The Balaban J connectivity index is 1.76. The number of hydrogen-bond acceptors (Lipinski definition) is 4. The van der Waals surface area contributed by atoms with Gasteiger partial charge in [-0.25, -0.2) is 8.42 Å². The summed E-state index contributed by atoms with van der Waals surface area (Å²) in [6.07, 6.45) is 0.611. The van der Waals surface area contributed by atoms with Crippen molar-refractivity contribution < 1.29 is 17.9 Å². The molecule has 0 bridgehead atoms. The topological polar surface area (TPSA) is 75.7 Å². The smallest absolute Gasteiger partial charge is 0.255 e. The number of methoxy groups -OCH3 is 1. The molecule has 1 aliphatic rings. The van der Waals surface area contributed by atoms with Crippen molar-refractivity contribution in [3.05, 3.63) is 52.0 Å². The predicted molar refractivity (Wildman–Crippen MR) is 103 cm³/mol. The second-order valence-corrected chi connectivity index (χ2v) is 8.54. The summed E-state index contributed by atoms with van der Waals surface area (Å²) in [5, 5.41) is 3.20. The third kappa shape index (κ3) is 3.75. The molecule has 1 saturated heterocycles. The average Bonchev–Trinajstić information content (AvgIpc) is 2.94. The van der Waals surface area contributed by atoms with Gasteiger partial charge in [-0.3, -0.25) is 9.10 Å². The molecule has 1 fully saturated rings. The van der Waals surface area contributed by atoms with E-state index in [2.05, 4.69) is 5.32 Å². The lowest BCUT2D eigenvalue weighted by molar-refractivity contribution is 0.102. The standard InChI is InChI=1S/C17H16Cl2N2O4S/c1-25-16-14(18)9-11(10-15(16)19)17(22)20-12-3-5-13(6-4-12)21-7-2-8-26(21,23)24/h3-6,9-10H,2,7-8H2,1H3,(H,20,22). The van der Waals surface area contributed by atoms with Crippen LogP contribution in [0.2, 0.25) is 10.0 Å². The van der Waals surface area contributed by atoms with E-state index in [1.54, 1.807) is 24.3 Å². The molecule has 3 rings (SSSR count). The van der Waals surface area contributed by atoms with Gasteiger partial charge in [0.1, 0.15) is 0 Å². The third-order valence-corrected chi connectivity index (χ3v) is 6.41. The highest BCUT2D eigenvalue weighted by molar-refractivity contribution is 7.93. The Bertz CT molecular complexity index is 923. The van der Waals surface area contributed by atoms with Crippen LogP contribution in [0.15, 0.2) is 36.4 Å². The Hall–Kier alpha value is -1.96. The molecule has 1 N–H and O–H groups in total. The molecule has 2 aromatic carbocycles. The number of carbonyl (C=O) groups is 1. The summed E-state index contributed by atoms with van der Waals surface area (Å²) in [4.78, 5) is 12.4. The van der Waals surface area contributed by atoms with Gasteiger partial charge >= 0.3 is 0 Å². The van der Waals surface area contributed by atoms with E-state index in [1.807, 2.05) is 0 Å². The maximum Gasteiger partial charge on any atom is 0.255 e. The van der Waals surface area contributed by atoms with Gasteiger partial charge in [0.15, 0.2) is 5.75 Å². The summed E-state index contributed by atoms with van der Waals surface area (Å²) >= 11 is 12.1. The Labute approximate surface area is 161 Å². The highest BCUT2D eigenvalue weighted by Gasteiger charge is 2.28. The maximum absolute atomic E-state index is 12.4. The number of ether oxygens (including phenoxy) is 1. The SMILES string of the molecule is COc1c(Cl)cc(C(=O)Nc2ccc(N3CCCS3(=O)=O)cc2)cc1Cl. The number of hydrogen-bond donors (Lipinski definition) is 1. The Kier molecular flexibility index (Phi) is 5.32. The van der Waals surface area contributed by atoms with Crippen LogP contribution in [0.4, 0.5) is 11.4 Å². The van der Waals surface area contributed by atoms with Crippen LogP contribution in [0.3, 0.4) is 0 Å². The minimum atomic E-state index is -3.23. The third-order valence-electron chi connectivity index (χ3n) is 3.98. The zero-order valence-corrected chi connectivity index (χ0v) is 16.2. The van der Waals surface area contributed by atoms with Crippen molar-refractivity contribution in [1.29, 1.82) is 0 Å². The largest absolute Gasteiger partial charge is 0.494 e. The molecule has 0 spiro atoms. The molecule has 0 aromatic heterocycles. The normalized spacial score (nSPS) is 15.7. The highest BCUT2D eigenvalue weighted by atomic mass is 35.5. The van der Waals surface area contributed by atoms with Crippen molar-refractivity contribution in [2.45, 2.75) is 6.42 Å². The summed E-state index contributed by atoms with van der Waals surface area (Å²) < 4.78 is 30.3. The fourth-order valence-electron chi connectivity index (χ4n) is 2.73. The lowest BCUT2D eigenvalue weighted by Gasteiger charge is -2.17. The zero-order valence-electron chi connectivity index (χ0n) is 13.8. The first kappa shape index (κ1) is 18.8. The molecule has 0 aliphatic carbocycles. The van der Waals surface area contributed by atoms with Crippen LogP contribution in [0.5, 0.6) is 5.75 Å². The number of nitrogens with one attached hydrogen (secondary N) is 1. The van der Waals surface area contributed by atoms with E-state index in [4.69, 9.17) is 27.9 Å². The molecule has 2 aromatic rings. The second-order valence-electron chi connectivity index (χ2n) is 5.72. The number of benzene rings is 2. The number of anilines is 2. The first-order valence-corrected chi connectivity index (χ1v) is 10.1. The predicted octanol–water partition coefficient (Wildman–Crippen LogP) is 3.79. The van der Waals surface area contributed by atoms with E-state index >= 15 is 0 Å². The molecule has 0 unspecified atom stereocenters. The van der Waals surface area contributed by atoms with Gasteiger partial charge in [0.25, 0.3) is 5.91 Å². The first-order valence-electron chi connectivity index (χ1n) is 7.76. The van der Waals surface area contributed by atoms with Crippen molar-refractivity contribution in [2.75, 3.05) is 29.0 Å². The molecule has 1 aliphatic heterocycles. The Morgan fingerprint density at radius 2 is 1.77 bits per heavy atom. The van der Waals surface area contributed by atoms with Gasteiger partial charge in [-0.05, 0) is 42.8 Å². The van der Waals surface area contributed by atoms with Gasteiger partial charge in [-0.1, -0.05) is 23.2 Å². The van der Waals surface area contributed by atoms with Crippen molar-refractivity contribution in [2.24, 2.45) is 0 Å². The van der Waals surface area contributed by atoms with E-state index in [1.165, 1.54) is 23.5 Å². The van der Waals surface area contributed by atoms with Crippen molar-refractivity contribution in [1.82, 2.24) is 0 Å². The van der Waals surface area contributed by atoms with Gasteiger partial charge in [0.05, 0.1) is 28.6 Å². The minimum Gasteiger partial charge on any atom is -0.494 e. The molecule has 9 heteroatoms. The fraction of sp³-hybridized carbons (Fsp3) is 0.235. The summed E-state index contributed by atoms with van der Waals surface area (Å²) in [5.74, 6) is 0.0730. The maximum atomic E-state index is 12.4. The molecule has 138 valence electrons. The lowest BCUT2D eigenvalue weighted by atomic mass is 10.2. The van der Waals surface area contributed by atoms with E-state index in [0.29, 0.717) is 30.1 Å². The number of carbonyl (C=O) groups excluding carboxylic acids is 1. The zero-order chi connectivity index (χ0) is 18.9. The van der Waals surface area contributed by atoms with Crippen LogP contribution in [0.25, 0.3) is 0 Å². The van der Waals surface area contributed by atoms with Gasteiger partial charge in [0.2, 0.25) is 10.0 Å². The summed E-state index contributed by atoms with van der Waals surface area (Å²) in [6, 6.07) is 9.54. The van der Waals surface area contributed by atoms with E-state index < -0.39 is 15.9 Å². The molecule has 6 nitrogen and oxygen atoms in total. The van der Waals surface area contributed by atoms with Crippen LogP contribution in [0.1, 0.15) is 16.8 Å². The Morgan fingerprint density at radius 1 is 1.15 bits per heavy atom. The minimum absolute atomic E-state index is 0.157. The fourth-order valence-corrected chi connectivity index (χ4v) is 4.94. The number of amides is 1. The van der Waals surface area contributed by atoms with Gasteiger partial charge in [0, 0.05) is 17.8 Å². The number of halogens is 2. The van der Waals surface area contributed by atoms with Gasteiger partial charge in [-0.2, -0.15) is 0 Å². The van der Waals surface area contributed by atoms with Crippen LogP contribution in [-0.4, -0.2) is 33.7 Å². The molecule has 1 amide bonds. The number of sulfonamides is 1. The van der Waals surface area contributed by atoms with Gasteiger partial charge in [-0.15, -0.1) is 0 Å². The van der Waals surface area contributed by atoms with Crippen molar-refractivity contribution in [3.8, 4) is 5.75 Å². The molecular formula is C17H16Cl2N2O4S. The summed E-state index contributed by atoms with van der Waals surface area (Å²) in [7, 11) is -1.79. The van der Waals surface area contributed by atoms with Crippen molar-refractivity contribution >= 4 is 50.5 Å². The lowest BCUT2D eigenvalue weighted by Crippen LogP contribution is -2.24. The van der Waals surface area contributed by atoms with Crippen LogP contribution in [0, 0.1) is 0 Å². The summed E-state index contributed by atoms with van der Waals surface area (Å²) in [5.41, 5.74) is 1.39. The van der Waals surface area contributed by atoms with Gasteiger partial charge < -0.3 is 10.1 Å². The Morgan fingerprint density at radius 3 is 2.27 bits per heavy atom. The molecule has 0 saturated carbocycles. The first-order chi connectivity index (χ1) is 12.3. The second kappa shape index (κ2) is 7.34. The molecule has 0 radical (unpaired) electrons. The van der Waals surface area contributed by atoms with Crippen molar-refractivity contribution in [3.63, 3.8) is 0 Å². The van der Waals surface area contributed by atoms with E-state index in [0.717, 1.165) is 0 Å². The molecule has 26 heavy (non-hydrogen) atoms. The number of nitrogens with zero attached hydrogens (tertiary/aromatic N) is 1. The monoisotopic (exact) mass is 414 g/mol. The summed E-state index contributed by atoms with van der Waals surface area (Å²) in [6.45, 7) is 0.469. The molecular weight excluding hydrogens is 399 g/mol. The number of rotatable bonds is 4. The average molecular weight is 415 g/mol. The quantitative estimate of drug-likeness (QED) is 0.825.